The van der Waals surface area contributed by atoms with Crippen LogP contribution in [0.15, 0.2) is 18.5 Å². The van der Waals surface area contributed by atoms with E-state index in [-0.39, 0.29) is 5.91 Å². The van der Waals surface area contributed by atoms with Crippen molar-refractivity contribution in [2.24, 2.45) is 7.05 Å². The third kappa shape index (κ3) is 2.18. The van der Waals surface area contributed by atoms with Crippen LogP contribution in [0, 0.1) is 18.3 Å². The third-order valence-corrected chi connectivity index (χ3v) is 2.30. The van der Waals surface area contributed by atoms with Gasteiger partial charge in [-0.15, -0.1) is 0 Å². The zero-order chi connectivity index (χ0) is 12.4. The normalized spacial score (nSPS) is 9.94. The van der Waals surface area contributed by atoms with Crippen LogP contribution in [0.2, 0.25) is 0 Å². The molecular formula is C11H11N5O. The van der Waals surface area contributed by atoms with Crippen molar-refractivity contribution in [3.05, 3.63) is 35.4 Å². The van der Waals surface area contributed by atoms with Crippen LogP contribution >= 0.6 is 0 Å². The lowest BCUT2D eigenvalue weighted by Gasteiger charge is -2.02. The highest BCUT2D eigenvalue weighted by molar-refractivity contribution is 6.02. The summed E-state index contributed by atoms with van der Waals surface area (Å²) in [4.78, 5) is 18.7. The van der Waals surface area contributed by atoms with Gasteiger partial charge in [-0.25, -0.2) is 4.98 Å². The summed E-state index contributed by atoms with van der Waals surface area (Å²) < 4.78 is 1.60. The molecule has 0 spiro atoms. The SMILES string of the molecule is Cc1cnc(NC(=O)c2cc(C#N)cn2C)[nH]1. The predicted molar refractivity (Wildman–Crippen MR) is 61.4 cm³/mol. The summed E-state index contributed by atoms with van der Waals surface area (Å²) in [6.45, 7) is 1.85. The number of hydrogen-bond donors (Lipinski definition) is 2. The Morgan fingerprint density at radius 2 is 2.41 bits per heavy atom. The molecule has 2 aromatic rings. The van der Waals surface area contributed by atoms with Gasteiger partial charge in [0.05, 0.1) is 5.56 Å². The minimum Gasteiger partial charge on any atom is -0.345 e. The maximum absolute atomic E-state index is 11.9. The van der Waals surface area contributed by atoms with Gasteiger partial charge >= 0.3 is 0 Å². The number of H-pyrrole nitrogens is 1. The Hall–Kier alpha value is -2.55. The number of carbonyl (C=O) groups excluding carboxylic acids is 1. The van der Waals surface area contributed by atoms with Crippen molar-refractivity contribution < 1.29 is 4.79 Å². The number of anilines is 1. The van der Waals surface area contributed by atoms with Crippen molar-refractivity contribution in [2.45, 2.75) is 6.92 Å². The number of imidazole rings is 1. The zero-order valence-electron chi connectivity index (χ0n) is 9.48. The third-order valence-electron chi connectivity index (χ3n) is 2.30. The molecule has 6 nitrogen and oxygen atoms in total. The van der Waals surface area contributed by atoms with Gasteiger partial charge in [-0.3, -0.25) is 10.1 Å². The number of aryl methyl sites for hydroxylation is 2. The summed E-state index contributed by atoms with van der Waals surface area (Å²) in [6, 6.07) is 3.52. The number of hydrogen-bond acceptors (Lipinski definition) is 3. The number of rotatable bonds is 2. The van der Waals surface area contributed by atoms with Crippen molar-refractivity contribution in [1.29, 1.82) is 5.26 Å². The molecular weight excluding hydrogens is 218 g/mol. The van der Waals surface area contributed by atoms with Gasteiger partial charge in [0.2, 0.25) is 5.95 Å². The quantitative estimate of drug-likeness (QED) is 0.810. The summed E-state index contributed by atoms with van der Waals surface area (Å²) in [5, 5.41) is 11.4. The van der Waals surface area contributed by atoms with Gasteiger partial charge in [-0.2, -0.15) is 5.26 Å². The largest absolute Gasteiger partial charge is 0.345 e. The van der Waals surface area contributed by atoms with Crippen LogP contribution in [0.25, 0.3) is 0 Å². The Balaban J connectivity index is 2.20. The molecule has 1 amide bonds. The van der Waals surface area contributed by atoms with E-state index in [1.165, 1.54) is 6.07 Å². The summed E-state index contributed by atoms with van der Waals surface area (Å²) in [6.07, 6.45) is 3.23. The van der Waals surface area contributed by atoms with Crippen LogP contribution < -0.4 is 5.32 Å². The van der Waals surface area contributed by atoms with E-state index in [0.717, 1.165) is 5.69 Å². The second-order valence-corrected chi connectivity index (χ2v) is 3.71. The summed E-state index contributed by atoms with van der Waals surface area (Å²) >= 11 is 0. The summed E-state index contributed by atoms with van der Waals surface area (Å²) in [7, 11) is 1.71. The Kier molecular flexibility index (Phi) is 2.66. The van der Waals surface area contributed by atoms with Crippen LogP contribution in [0.5, 0.6) is 0 Å². The second-order valence-electron chi connectivity index (χ2n) is 3.71. The van der Waals surface area contributed by atoms with Crippen molar-refractivity contribution in [2.75, 3.05) is 5.32 Å². The maximum Gasteiger partial charge on any atom is 0.274 e. The number of aromatic nitrogens is 3. The molecule has 0 radical (unpaired) electrons. The van der Waals surface area contributed by atoms with E-state index in [1.54, 1.807) is 24.0 Å². The van der Waals surface area contributed by atoms with E-state index in [1.807, 2.05) is 13.0 Å². The molecule has 0 atom stereocenters. The fourth-order valence-corrected chi connectivity index (χ4v) is 1.50. The molecule has 0 saturated heterocycles. The Bertz CT molecular complexity index is 602. The zero-order valence-corrected chi connectivity index (χ0v) is 9.48. The van der Waals surface area contributed by atoms with Gasteiger partial charge in [0.25, 0.3) is 5.91 Å². The highest BCUT2D eigenvalue weighted by Gasteiger charge is 2.12. The highest BCUT2D eigenvalue weighted by atomic mass is 16.2. The monoisotopic (exact) mass is 229 g/mol. The van der Waals surface area contributed by atoms with E-state index in [4.69, 9.17) is 5.26 Å². The molecule has 0 unspecified atom stereocenters. The minimum absolute atomic E-state index is 0.302. The first-order valence-corrected chi connectivity index (χ1v) is 4.99. The molecule has 0 aliphatic heterocycles. The van der Waals surface area contributed by atoms with Gasteiger partial charge in [-0.05, 0) is 13.0 Å². The van der Waals surface area contributed by atoms with Gasteiger partial charge in [0.15, 0.2) is 0 Å². The molecule has 17 heavy (non-hydrogen) atoms. The number of nitrogens with zero attached hydrogens (tertiary/aromatic N) is 3. The van der Waals surface area contributed by atoms with Crippen molar-refractivity contribution >= 4 is 11.9 Å². The fourth-order valence-electron chi connectivity index (χ4n) is 1.50. The molecule has 0 aliphatic rings. The number of nitriles is 1. The average Bonchev–Trinajstić information content (AvgIpc) is 2.85. The number of amides is 1. The van der Waals surface area contributed by atoms with Gasteiger partial charge in [0, 0.05) is 25.1 Å². The molecule has 2 rings (SSSR count). The van der Waals surface area contributed by atoms with Crippen molar-refractivity contribution in [3.8, 4) is 6.07 Å². The first-order valence-electron chi connectivity index (χ1n) is 4.99. The molecule has 2 heterocycles. The van der Waals surface area contributed by atoms with E-state index in [2.05, 4.69) is 15.3 Å². The fraction of sp³-hybridized carbons (Fsp3) is 0.182. The predicted octanol–water partition coefficient (Wildman–Crippen LogP) is 1.18. The van der Waals surface area contributed by atoms with Crippen LogP contribution in [0.1, 0.15) is 21.7 Å². The van der Waals surface area contributed by atoms with Crippen LogP contribution in [-0.4, -0.2) is 20.4 Å². The molecule has 0 saturated carbocycles. The topological polar surface area (TPSA) is 86.5 Å². The standard InChI is InChI=1S/C11H11N5O/c1-7-5-13-11(14-7)15-10(17)9-3-8(4-12)6-16(9)2/h3,5-6H,1-2H3,(H2,13,14,15,17). The van der Waals surface area contributed by atoms with E-state index < -0.39 is 0 Å². The highest BCUT2D eigenvalue weighted by Crippen LogP contribution is 2.09. The second kappa shape index (κ2) is 4.14. The van der Waals surface area contributed by atoms with Crippen LogP contribution in [-0.2, 0) is 7.05 Å². The number of aromatic amines is 1. The lowest BCUT2D eigenvalue weighted by atomic mass is 10.3. The van der Waals surface area contributed by atoms with Crippen molar-refractivity contribution in [3.63, 3.8) is 0 Å². The minimum atomic E-state index is -0.302. The molecule has 0 aliphatic carbocycles. The van der Waals surface area contributed by atoms with Gasteiger partial charge in [-0.1, -0.05) is 0 Å². The number of nitrogens with one attached hydrogen (secondary N) is 2. The molecule has 0 fully saturated rings. The Labute approximate surface area is 97.9 Å². The summed E-state index contributed by atoms with van der Waals surface area (Å²) in [5.74, 6) is 0.0931. The molecule has 86 valence electrons. The molecule has 0 bridgehead atoms. The van der Waals surface area contributed by atoms with Crippen LogP contribution in [0.4, 0.5) is 5.95 Å². The lowest BCUT2D eigenvalue weighted by molar-refractivity contribution is 0.101. The first-order chi connectivity index (χ1) is 8.10. The Morgan fingerprint density at radius 3 is 2.94 bits per heavy atom. The van der Waals surface area contributed by atoms with E-state index in [9.17, 15) is 4.79 Å². The van der Waals surface area contributed by atoms with E-state index >= 15 is 0 Å². The molecule has 2 aromatic heterocycles. The smallest absolute Gasteiger partial charge is 0.274 e. The molecule has 0 aromatic carbocycles. The Morgan fingerprint density at radius 1 is 1.65 bits per heavy atom. The summed E-state index contributed by atoms with van der Waals surface area (Å²) in [5.41, 5.74) is 1.73. The number of carbonyl (C=O) groups is 1. The maximum atomic E-state index is 11.9. The first kappa shape index (κ1) is 11.0. The van der Waals surface area contributed by atoms with Gasteiger partial charge < -0.3 is 9.55 Å². The van der Waals surface area contributed by atoms with E-state index in [0.29, 0.717) is 17.2 Å². The average molecular weight is 229 g/mol. The molecule has 2 N–H and O–H groups in total. The molecule has 6 heteroatoms. The van der Waals surface area contributed by atoms with Crippen molar-refractivity contribution in [1.82, 2.24) is 14.5 Å². The van der Waals surface area contributed by atoms with Crippen LogP contribution in [0.3, 0.4) is 0 Å². The van der Waals surface area contributed by atoms with Gasteiger partial charge in [0.1, 0.15) is 11.8 Å². The lowest BCUT2D eigenvalue weighted by Crippen LogP contribution is -2.16.